The van der Waals surface area contributed by atoms with Gasteiger partial charge in [0.1, 0.15) is 11.5 Å². The summed E-state index contributed by atoms with van der Waals surface area (Å²) >= 11 is 7.38. The Morgan fingerprint density at radius 3 is 2.93 bits per heavy atom. The average molecular weight is 401 g/mol. The van der Waals surface area contributed by atoms with Crippen molar-refractivity contribution in [2.75, 3.05) is 7.11 Å². The smallest absolute Gasteiger partial charge is 0.264 e. The van der Waals surface area contributed by atoms with Gasteiger partial charge in [0.25, 0.3) is 5.91 Å². The van der Waals surface area contributed by atoms with Crippen molar-refractivity contribution in [3.63, 3.8) is 0 Å². The van der Waals surface area contributed by atoms with Crippen LogP contribution in [0.15, 0.2) is 53.7 Å². The molecule has 7 heteroatoms. The summed E-state index contributed by atoms with van der Waals surface area (Å²) in [5, 5.41) is 9.14. The van der Waals surface area contributed by atoms with E-state index in [0.29, 0.717) is 17.3 Å². The number of rotatable bonds is 5. The van der Waals surface area contributed by atoms with Crippen molar-refractivity contribution in [2.45, 2.75) is 19.1 Å². The molecule has 1 amide bonds. The van der Waals surface area contributed by atoms with E-state index in [1.807, 2.05) is 48.5 Å². The maximum absolute atomic E-state index is 12.6. The highest BCUT2D eigenvalue weighted by atomic mass is 35.5. The summed E-state index contributed by atoms with van der Waals surface area (Å²) in [5.74, 6) is 0.540. The van der Waals surface area contributed by atoms with Gasteiger partial charge in [-0.15, -0.1) is 11.3 Å². The van der Waals surface area contributed by atoms with Crippen LogP contribution in [-0.2, 0) is 16.2 Å². The van der Waals surface area contributed by atoms with Gasteiger partial charge in [-0.2, -0.15) is 0 Å². The summed E-state index contributed by atoms with van der Waals surface area (Å²) < 4.78 is 6.16. The Morgan fingerprint density at radius 2 is 2.15 bits per heavy atom. The number of nitrogens with one attached hydrogen (secondary N) is 1. The number of fused-ring (bicyclic) bond motifs is 1. The van der Waals surface area contributed by atoms with Crippen LogP contribution in [0.25, 0.3) is 10.8 Å². The molecule has 1 aliphatic rings. The van der Waals surface area contributed by atoms with Gasteiger partial charge >= 0.3 is 0 Å². The minimum atomic E-state index is -0.637. The molecule has 1 aliphatic heterocycles. The first-order chi connectivity index (χ1) is 13.2. The lowest BCUT2D eigenvalue weighted by atomic mass is 10.0. The van der Waals surface area contributed by atoms with Crippen LogP contribution in [0.4, 0.5) is 0 Å². The van der Waals surface area contributed by atoms with Crippen molar-refractivity contribution < 1.29 is 14.4 Å². The molecule has 5 nitrogen and oxygen atoms in total. The van der Waals surface area contributed by atoms with Crippen LogP contribution >= 0.6 is 22.9 Å². The van der Waals surface area contributed by atoms with E-state index in [0.717, 1.165) is 32.7 Å². The zero-order valence-corrected chi connectivity index (χ0v) is 16.1. The fraction of sp³-hybridized carbons (Fsp3) is 0.200. The van der Waals surface area contributed by atoms with Crippen molar-refractivity contribution in [2.24, 2.45) is 5.16 Å². The third kappa shape index (κ3) is 3.63. The minimum Gasteiger partial charge on any atom is -0.496 e. The van der Waals surface area contributed by atoms with Crippen LogP contribution in [0.3, 0.4) is 0 Å². The van der Waals surface area contributed by atoms with Crippen LogP contribution in [0.5, 0.6) is 5.75 Å². The summed E-state index contributed by atoms with van der Waals surface area (Å²) in [6, 6.07) is 15.6. The molecule has 1 N–H and O–H groups in total. The Labute approximate surface area is 165 Å². The van der Waals surface area contributed by atoms with Gasteiger partial charge < -0.3 is 14.9 Å². The largest absolute Gasteiger partial charge is 0.496 e. The number of hydrogen-bond donors (Lipinski definition) is 1. The van der Waals surface area contributed by atoms with Gasteiger partial charge in [-0.1, -0.05) is 47.1 Å². The number of nitrogens with zero attached hydrogens (tertiary/aromatic N) is 1. The lowest BCUT2D eigenvalue weighted by Gasteiger charge is -2.14. The van der Waals surface area contributed by atoms with E-state index in [9.17, 15) is 4.79 Å². The molecular weight excluding hydrogens is 384 g/mol. The molecule has 0 aliphatic carbocycles. The number of methoxy groups -OCH3 is 1. The standard InChI is InChI=1S/C20H17ClN2O3S/c1-25-16-7-6-12-4-2-3-5-13(12)14(16)11-22-20(24)17-10-15(23-26-17)18-8-9-19(21)27-18/h2-9,17H,10-11H2,1H3,(H,22,24)/t17-/m0/s1. The molecule has 1 aromatic heterocycles. The quantitative estimate of drug-likeness (QED) is 0.691. The molecule has 0 spiro atoms. The van der Waals surface area contributed by atoms with Crippen molar-refractivity contribution in [1.29, 1.82) is 0 Å². The lowest BCUT2D eigenvalue weighted by molar-refractivity contribution is -0.131. The number of amides is 1. The lowest BCUT2D eigenvalue weighted by Crippen LogP contribution is -2.34. The molecule has 27 heavy (non-hydrogen) atoms. The molecule has 0 radical (unpaired) electrons. The molecule has 0 unspecified atom stereocenters. The van der Waals surface area contributed by atoms with E-state index in [-0.39, 0.29) is 5.91 Å². The molecule has 2 aromatic carbocycles. The molecule has 138 valence electrons. The topological polar surface area (TPSA) is 59.9 Å². The highest BCUT2D eigenvalue weighted by Crippen LogP contribution is 2.29. The molecule has 0 saturated carbocycles. The van der Waals surface area contributed by atoms with Gasteiger partial charge in [0.05, 0.1) is 16.3 Å². The molecule has 0 bridgehead atoms. The highest BCUT2D eigenvalue weighted by molar-refractivity contribution is 7.18. The molecule has 2 heterocycles. The maximum Gasteiger partial charge on any atom is 0.264 e. The Bertz CT molecular complexity index is 1030. The summed E-state index contributed by atoms with van der Waals surface area (Å²) in [6.07, 6.45) is -0.211. The zero-order chi connectivity index (χ0) is 18.8. The number of benzene rings is 2. The molecule has 0 fully saturated rings. The van der Waals surface area contributed by atoms with Crippen molar-refractivity contribution in [1.82, 2.24) is 5.32 Å². The summed E-state index contributed by atoms with van der Waals surface area (Å²) in [6.45, 7) is 0.351. The SMILES string of the molecule is COc1ccc2ccccc2c1CNC(=O)[C@@H]1CC(c2ccc(Cl)s2)=NO1. The monoisotopic (exact) mass is 400 g/mol. The van der Waals surface area contributed by atoms with E-state index < -0.39 is 6.10 Å². The number of ether oxygens (including phenoxy) is 1. The van der Waals surface area contributed by atoms with E-state index >= 15 is 0 Å². The first-order valence-electron chi connectivity index (χ1n) is 8.46. The van der Waals surface area contributed by atoms with Crippen LogP contribution in [0.1, 0.15) is 16.9 Å². The van der Waals surface area contributed by atoms with E-state index in [2.05, 4.69) is 10.5 Å². The highest BCUT2D eigenvalue weighted by Gasteiger charge is 2.29. The second-order valence-corrected chi connectivity index (χ2v) is 7.84. The number of hydrogen-bond acceptors (Lipinski definition) is 5. The molecule has 0 saturated heterocycles. The Morgan fingerprint density at radius 1 is 1.30 bits per heavy atom. The first kappa shape index (κ1) is 17.8. The molecule has 4 rings (SSSR count). The number of thiophene rings is 1. The first-order valence-corrected chi connectivity index (χ1v) is 9.66. The second kappa shape index (κ2) is 7.58. The van der Waals surface area contributed by atoms with Crippen molar-refractivity contribution >= 4 is 45.3 Å². The predicted octanol–water partition coefficient (Wildman–Crippen LogP) is 4.37. The normalized spacial score (nSPS) is 16.1. The van der Waals surface area contributed by atoms with E-state index in [4.69, 9.17) is 21.2 Å². The van der Waals surface area contributed by atoms with Crippen molar-refractivity contribution in [3.8, 4) is 5.75 Å². The van der Waals surface area contributed by atoms with E-state index in [1.165, 1.54) is 11.3 Å². The van der Waals surface area contributed by atoms with Crippen LogP contribution in [-0.4, -0.2) is 24.8 Å². The summed E-state index contributed by atoms with van der Waals surface area (Å²) in [5.41, 5.74) is 1.68. The second-order valence-electron chi connectivity index (χ2n) is 6.13. The van der Waals surface area contributed by atoms with Crippen LogP contribution < -0.4 is 10.1 Å². The number of carbonyl (C=O) groups is 1. The molecular formula is C20H17ClN2O3S. The van der Waals surface area contributed by atoms with Gasteiger partial charge in [-0.05, 0) is 29.0 Å². The molecule has 3 aromatic rings. The predicted molar refractivity (Wildman–Crippen MR) is 108 cm³/mol. The summed E-state index contributed by atoms with van der Waals surface area (Å²) in [7, 11) is 1.63. The number of oxime groups is 1. The number of halogens is 1. The number of carbonyl (C=O) groups excluding carboxylic acids is 1. The van der Waals surface area contributed by atoms with Crippen LogP contribution in [0.2, 0.25) is 4.34 Å². The fourth-order valence-electron chi connectivity index (χ4n) is 3.11. The zero-order valence-electron chi connectivity index (χ0n) is 14.6. The fourth-order valence-corrected chi connectivity index (χ4v) is 4.14. The summed E-state index contributed by atoms with van der Waals surface area (Å²) in [4.78, 5) is 18.8. The van der Waals surface area contributed by atoms with E-state index in [1.54, 1.807) is 7.11 Å². The van der Waals surface area contributed by atoms with Crippen LogP contribution in [0, 0.1) is 0 Å². The maximum atomic E-state index is 12.6. The average Bonchev–Trinajstić information content (AvgIpc) is 3.34. The van der Waals surface area contributed by atoms with Gasteiger partial charge in [-0.3, -0.25) is 4.79 Å². The van der Waals surface area contributed by atoms with Gasteiger partial charge in [0.15, 0.2) is 0 Å². The third-order valence-electron chi connectivity index (χ3n) is 4.48. The Hall–Kier alpha value is -2.57. The third-order valence-corrected chi connectivity index (χ3v) is 5.76. The van der Waals surface area contributed by atoms with Gasteiger partial charge in [0.2, 0.25) is 6.10 Å². The Balaban J connectivity index is 1.45. The van der Waals surface area contributed by atoms with Gasteiger partial charge in [-0.25, -0.2) is 0 Å². The van der Waals surface area contributed by atoms with Gasteiger partial charge in [0, 0.05) is 18.5 Å². The minimum absolute atomic E-state index is 0.202. The Kier molecular flexibility index (Phi) is 5.01. The van der Waals surface area contributed by atoms with Crippen molar-refractivity contribution in [3.05, 3.63) is 63.3 Å². The molecule has 1 atom stereocenters.